The molecule has 0 unspecified atom stereocenters. The molecule has 16 heavy (non-hydrogen) atoms. The summed E-state index contributed by atoms with van der Waals surface area (Å²) in [6.45, 7) is 0. The summed E-state index contributed by atoms with van der Waals surface area (Å²) in [5.74, 6) is -0.622. The lowest BCUT2D eigenvalue weighted by Crippen LogP contribution is -1.89. The highest BCUT2D eigenvalue weighted by Gasteiger charge is 2.23. The van der Waals surface area contributed by atoms with Gasteiger partial charge in [-0.15, -0.1) is 0 Å². The molecule has 10 nitrogen and oxygen atoms in total. The van der Waals surface area contributed by atoms with Gasteiger partial charge in [-0.1, -0.05) is 0 Å². The number of hydrogen-bond acceptors (Lipinski definition) is 6. The fourth-order valence-corrected chi connectivity index (χ4v) is 1.05. The standard InChI is InChI=1S/C6H4N6O4/c13-11(14)3-1-7-5(9-3)6-8-2-4(10-6)12(15)16/h1-2H,(H,7,9)(H,8,10). The predicted molar refractivity (Wildman–Crippen MR) is 49.5 cm³/mol. The monoisotopic (exact) mass is 224 g/mol. The van der Waals surface area contributed by atoms with Gasteiger partial charge in [0.1, 0.15) is 12.4 Å². The van der Waals surface area contributed by atoms with E-state index in [1.165, 1.54) is 0 Å². The first-order valence-electron chi connectivity index (χ1n) is 3.98. The van der Waals surface area contributed by atoms with Crippen molar-refractivity contribution in [2.45, 2.75) is 0 Å². The molecule has 0 aromatic carbocycles. The molecule has 0 aliphatic rings. The quantitative estimate of drug-likeness (QED) is 0.577. The van der Waals surface area contributed by atoms with Crippen LogP contribution in [-0.4, -0.2) is 29.8 Å². The molecule has 2 rings (SSSR count). The van der Waals surface area contributed by atoms with Gasteiger partial charge in [-0.3, -0.25) is 0 Å². The maximum Gasteiger partial charge on any atom is 0.382 e. The van der Waals surface area contributed by atoms with E-state index >= 15 is 0 Å². The van der Waals surface area contributed by atoms with E-state index in [9.17, 15) is 20.2 Å². The number of H-pyrrole nitrogens is 2. The average Bonchev–Trinajstić information content (AvgIpc) is 2.86. The summed E-state index contributed by atoms with van der Waals surface area (Å²) < 4.78 is 0. The molecule has 0 saturated heterocycles. The first-order chi connectivity index (χ1) is 7.58. The molecule has 0 aliphatic carbocycles. The van der Waals surface area contributed by atoms with Crippen LogP contribution in [0.15, 0.2) is 12.4 Å². The average molecular weight is 224 g/mol. The van der Waals surface area contributed by atoms with Gasteiger partial charge < -0.3 is 30.2 Å². The Balaban J connectivity index is 2.35. The van der Waals surface area contributed by atoms with Crippen LogP contribution in [0.1, 0.15) is 0 Å². The Labute approximate surface area is 86.7 Å². The number of nitro groups is 2. The van der Waals surface area contributed by atoms with Crippen LogP contribution in [-0.2, 0) is 0 Å². The minimum Gasteiger partial charge on any atom is -0.358 e. The zero-order chi connectivity index (χ0) is 11.7. The molecule has 2 heterocycles. The highest BCUT2D eigenvalue weighted by atomic mass is 16.6. The molecule has 0 saturated carbocycles. The minimum absolute atomic E-state index is 0.0693. The Morgan fingerprint density at radius 3 is 1.56 bits per heavy atom. The van der Waals surface area contributed by atoms with E-state index in [4.69, 9.17) is 0 Å². The van der Waals surface area contributed by atoms with Gasteiger partial charge in [0.05, 0.1) is 0 Å². The summed E-state index contributed by atoms with van der Waals surface area (Å²) in [5, 5.41) is 20.7. The molecule has 0 spiro atoms. The van der Waals surface area contributed by atoms with Crippen molar-refractivity contribution in [2.75, 3.05) is 0 Å². The molecule has 2 N–H and O–H groups in total. The van der Waals surface area contributed by atoms with Crippen molar-refractivity contribution in [1.82, 2.24) is 19.9 Å². The van der Waals surface area contributed by atoms with Gasteiger partial charge in [0.15, 0.2) is 0 Å². The molecule has 2 aromatic rings. The molecule has 0 radical (unpaired) electrons. The molecule has 0 bridgehead atoms. The van der Waals surface area contributed by atoms with Gasteiger partial charge in [-0.25, -0.2) is 0 Å². The summed E-state index contributed by atoms with van der Waals surface area (Å²) in [5.41, 5.74) is 0. The Bertz CT molecular complexity index is 507. The third-order valence-electron chi connectivity index (χ3n) is 1.73. The number of hydrogen-bond donors (Lipinski definition) is 2. The van der Waals surface area contributed by atoms with Gasteiger partial charge in [0.25, 0.3) is 0 Å². The van der Waals surface area contributed by atoms with E-state index in [1.54, 1.807) is 0 Å². The first kappa shape index (κ1) is 9.76. The second-order valence-electron chi connectivity index (χ2n) is 2.73. The molecular formula is C6H4N6O4. The van der Waals surface area contributed by atoms with Crippen LogP contribution >= 0.6 is 0 Å². The van der Waals surface area contributed by atoms with E-state index in [1.807, 2.05) is 0 Å². The first-order valence-corrected chi connectivity index (χ1v) is 3.98. The number of aromatic nitrogens is 4. The second kappa shape index (κ2) is 3.42. The zero-order valence-corrected chi connectivity index (χ0v) is 7.58. The van der Waals surface area contributed by atoms with Crippen molar-refractivity contribution >= 4 is 11.6 Å². The van der Waals surface area contributed by atoms with Crippen LogP contribution in [0, 0.1) is 20.2 Å². The summed E-state index contributed by atoms with van der Waals surface area (Å²) in [7, 11) is 0. The SMILES string of the molecule is O=[N+]([O-])c1c[nH]c(-c2nc([N+](=O)[O-])c[nH]2)n1. The van der Waals surface area contributed by atoms with Crippen LogP contribution in [0.4, 0.5) is 11.6 Å². The fraction of sp³-hybridized carbons (Fsp3) is 0. The van der Waals surface area contributed by atoms with Gasteiger partial charge >= 0.3 is 23.3 Å². The molecular weight excluding hydrogens is 220 g/mol. The number of nitrogens with zero attached hydrogens (tertiary/aromatic N) is 4. The number of rotatable bonds is 3. The number of imidazole rings is 2. The van der Waals surface area contributed by atoms with E-state index in [0.717, 1.165) is 12.4 Å². The highest BCUT2D eigenvalue weighted by molar-refractivity contribution is 5.47. The molecule has 10 heteroatoms. The fourth-order valence-electron chi connectivity index (χ4n) is 1.05. The number of nitrogens with one attached hydrogen (secondary N) is 2. The third kappa shape index (κ3) is 1.58. The topological polar surface area (TPSA) is 144 Å². The Morgan fingerprint density at radius 2 is 1.31 bits per heavy atom. The zero-order valence-electron chi connectivity index (χ0n) is 7.58. The summed E-state index contributed by atoms with van der Waals surface area (Å²) >= 11 is 0. The van der Waals surface area contributed by atoms with Crippen LogP contribution in [0.3, 0.4) is 0 Å². The summed E-state index contributed by atoms with van der Waals surface area (Å²) in [6, 6.07) is 0. The van der Waals surface area contributed by atoms with Crippen molar-refractivity contribution in [2.24, 2.45) is 0 Å². The molecule has 0 atom stereocenters. The van der Waals surface area contributed by atoms with Crippen molar-refractivity contribution in [3.8, 4) is 11.6 Å². The molecule has 0 fully saturated rings. The van der Waals surface area contributed by atoms with Crippen LogP contribution < -0.4 is 0 Å². The van der Waals surface area contributed by atoms with E-state index in [2.05, 4.69) is 19.9 Å². The number of aromatic amines is 2. The Kier molecular flexibility index (Phi) is 2.08. The van der Waals surface area contributed by atoms with Crippen molar-refractivity contribution < 1.29 is 9.85 Å². The van der Waals surface area contributed by atoms with Crippen molar-refractivity contribution in [3.63, 3.8) is 0 Å². The molecule has 0 aliphatic heterocycles. The van der Waals surface area contributed by atoms with Crippen molar-refractivity contribution in [3.05, 3.63) is 32.6 Å². The Hall–Kier alpha value is -2.78. The van der Waals surface area contributed by atoms with Crippen LogP contribution in [0.2, 0.25) is 0 Å². The molecule has 0 amide bonds. The minimum atomic E-state index is -0.683. The molecule has 82 valence electrons. The van der Waals surface area contributed by atoms with Crippen LogP contribution in [0.25, 0.3) is 11.6 Å². The normalized spacial score (nSPS) is 10.2. The lowest BCUT2D eigenvalue weighted by Gasteiger charge is -1.82. The summed E-state index contributed by atoms with van der Waals surface area (Å²) in [6.07, 6.45) is 2.15. The van der Waals surface area contributed by atoms with E-state index < -0.39 is 9.85 Å². The smallest absolute Gasteiger partial charge is 0.358 e. The second-order valence-corrected chi connectivity index (χ2v) is 2.73. The van der Waals surface area contributed by atoms with Gasteiger partial charge in [-0.2, -0.15) is 0 Å². The lowest BCUT2D eigenvalue weighted by molar-refractivity contribution is -0.389. The Morgan fingerprint density at radius 1 is 0.938 bits per heavy atom. The van der Waals surface area contributed by atoms with Gasteiger partial charge in [0.2, 0.25) is 0 Å². The maximum absolute atomic E-state index is 10.3. The molecule has 2 aromatic heterocycles. The predicted octanol–water partition coefficient (Wildman–Crippen LogP) is 0.616. The van der Waals surface area contributed by atoms with Crippen molar-refractivity contribution in [1.29, 1.82) is 0 Å². The van der Waals surface area contributed by atoms with E-state index in [-0.39, 0.29) is 23.3 Å². The van der Waals surface area contributed by atoms with Gasteiger partial charge in [0, 0.05) is 0 Å². The van der Waals surface area contributed by atoms with Gasteiger partial charge in [-0.05, 0) is 19.8 Å². The lowest BCUT2D eigenvalue weighted by atomic mass is 10.6. The van der Waals surface area contributed by atoms with Crippen LogP contribution in [0.5, 0.6) is 0 Å². The third-order valence-corrected chi connectivity index (χ3v) is 1.73. The highest BCUT2D eigenvalue weighted by Crippen LogP contribution is 2.17. The summed E-state index contributed by atoms with van der Waals surface area (Å²) in [4.78, 5) is 31.5. The largest absolute Gasteiger partial charge is 0.382 e. The maximum atomic E-state index is 10.3. The van der Waals surface area contributed by atoms with E-state index in [0.29, 0.717) is 0 Å².